The molecular formula is C13H26N2. The molecule has 0 radical (unpaired) electrons. The van der Waals surface area contributed by atoms with E-state index >= 15 is 0 Å². The monoisotopic (exact) mass is 210 g/mol. The van der Waals surface area contributed by atoms with Crippen LogP contribution in [0.5, 0.6) is 0 Å². The zero-order valence-corrected chi connectivity index (χ0v) is 10.3. The van der Waals surface area contributed by atoms with Gasteiger partial charge in [-0.25, -0.2) is 0 Å². The van der Waals surface area contributed by atoms with Crippen LogP contribution in [0.3, 0.4) is 0 Å². The SMILES string of the molecule is CN(C)CCNCCC1CC2CCC1C2. The normalized spacial score (nSPS) is 34.2. The van der Waals surface area contributed by atoms with Crippen LogP contribution in [-0.2, 0) is 0 Å². The van der Waals surface area contributed by atoms with Crippen LogP contribution in [-0.4, -0.2) is 38.6 Å². The van der Waals surface area contributed by atoms with E-state index < -0.39 is 0 Å². The second-order valence-electron chi connectivity index (χ2n) is 5.78. The minimum atomic E-state index is 1.07. The van der Waals surface area contributed by atoms with Crippen LogP contribution in [0.1, 0.15) is 32.1 Å². The molecule has 2 aliphatic rings. The van der Waals surface area contributed by atoms with Crippen molar-refractivity contribution in [3.63, 3.8) is 0 Å². The summed E-state index contributed by atoms with van der Waals surface area (Å²) in [7, 11) is 4.27. The quantitative estimate of drug-likeness (QED) is 0.674. The van der Waals surface area contributed by atoms with E-state index in [0.717, 1.165) is 30.8 Å². The minimum absolute atomic E-state index is 1.07. The standard InChI is InChI=1S/C13H26N2/c1-15(2)8-7-14-6-5-13-10-11-3-4-12(13)9-11/h11-14H,3-10H2,1-2H3. The number of hydrogen-bond acceptors (Lipinski definition) is 2. The van der Waals surface area contributed by atoms with Gasteiger partial charge in [0, 0.05) is 13.1 Å². The van der Waals surface area contributed by atoms with Crippen molar-refractivity contribution in [2.75, 3.05) is 33.7 Å². The molecule has 2 heteroatoms. The highest BCUT2D eigenvalue weighted by Gasteiger charge is 2.38. The summed E-state index contributed by atoms with van der Waals surface area (Å²) >= 11 is 0. The Bertz CT molecular complexity index is 191. The molecule has 2 fully saturated rings. The van der Waals surface area contributed by atoms with Gasteiger partial charge in [0.1, 0.15) is 0 Å². The molecule has 2 bridgehead atoms. The lowest BCUT2D eigenvalue weighted by Crippen LogP contribution is -2.28. The fourth-order valence-corrected chi connectivity index (χ4v) is 3.45. The summed E-state index contributed by atoms with van der Waals surface area (Å²) in [5, 5.41) is 3.56. The second kappa shape index (κ2) is 5.31. The minimum Gasteiger partial charge on any atom is -0.315 e. The Morgan fingerprint density at radius 3 is 2.60 bits per heavy atom. The predicted octanol–water partition coefficient (Wildman–Crippen LogP) is 1.96. The maximum atomic E-state index is 3.56. The van der Waals surface area contributed by atoms with Gasteiger partial charge in [-0.15, -0.1) is 0 Å². The fraction of sp³-hybridized carbons (Fsp3) is 1.00. The maximum Gasteiger partial charge on any atom is 0.0101 e. The summed E-state index contributed by atoms with van der Waals surface area (Å²) in [6, 6.07) is 0. The molecule has 0 amide bonds. The Morgan fingerprint density at radius 1 is 1.13 bits per heavy atom. The van der Waals surface area contributed by atoms with Crippen molar-refractivity contribution in [1.29, 1.82) is 0 Å². The molecule has 0 aromatic rings. The van der Waals surface area contributed by atoms with E-state index in [4.69, 9.17) is 0 Å². The van der Waals surface area contributed by atoms with Crippen molar-refractivity contribution in [2.24, 2.45) is 17.8 Å². The van der Waals surface area contributed by atoms with E-state index in [9.17, 15) is 0 Å². The van der Waals surface area contributed by atoms with Crippen LogP contribution in [0, 0.1) is 17.8 Å². The molecule has 0 heterocycles. The first-order valence-corrected chi connectivity index (χ1v) is 6.61. The molecule has 2 aliphatic carbocycles. The van der Waals surface area contributed by atoms with Crippen LogP contribution in [0.4, 0.5) is 0 Å². The number of fused-ring (bicyclic) bond motifs is 2. The van der Waals surface area contributed by atoms with Crippen molar-refractivity contribution < 1.29 is 0 Å². The van der Waals surface area contributed by atoms with E-state index in [0.29, 0.717) is 0 Å². The van der Waals surface area contributed by atoms with Gasteiger partial charge < -0.3 is 10.2 Å². The van der Waals surface area contributed by atoms with Crippen molar-refractivity contribution in [3.05, 3.63) is 0 Å². The van der Waals surface area contributed by atoms with Crippen LogP contribution >= 0.6 is 0 Å². The van der Waals surface area contributed by atoms with Crippen molar-refractivity contribution in [2.45, 2.75) is 32.1 Å². The van der Waals surface area contributed by atoms with Gasteiger partial charge in [0.25, 0.3) is 0 Å². The zero-order chi connectivity index (χ0) is 10.7. The van der Waals surface area contributed by atoms with Gasteiger partial charge in [-0.05, 0) is 64.1 Å². The number of likely N-dealkylation sites (N-methyl/N-ethyl adjacent to an activating group) is 1. The molecule has 0 aliphatic heterocycles. The third-order valence-corrected chi connectivity index (χ3v) is 4.31. The van der Waals surface area contributed by atoms with E-state index in [1.54, 1.807) is 12.8 Å². The maximum absolute atomic E-state index is 3.56. The number of nitrogens with zero attached hydrogens (tertiary/aromatic N) is 1. The highest BCUT2D eigenvalue weighted by molar-refractivity contribution is 4.89. The van der Waals surface area contributed by atoms with E-state index in [1.807, 2.05) is 0 Å². The Morgan fingerprint density at radius 2 is 2.00 bits per heavy atom. The smallest absolute Gasteiger partial charge is 0.0101 e. The summed E-state index contributed by atoms with van der Waals surface area (Å²) in [6.07, 6.45) is 7.60. The van der Waals surface area contributed by atoms with Gasteiger partial charge in [-0.2, -0.15) is 0 Å². The summed E-state index contributed by atoms with van der Waals surface area (Å²) in [6.45, 7) is 3.55. The van der Waals surface area contributed by atoms with E-state index in [2.05, 4.69) is 24.3 Å². The molecule has 2 rings (SSSR count). The van der Waals surface area contributed by atoms with Crippen LogP contribution in [0.25, 0.3) is 0 Å². The lowest BCUT2D eigenvalue weighted by molar-refractivity contribution is 0.307. The molecule has 2 nitrogen and oxygen atoms in total. The Hall–Kier alpha value is -0.0800. The van der Waals surface area contributed by atoms with Crippen molar-refractivity contribution in [3.8, 4) is 0 Å². The number of hydrogen-bond donors (Lipinski definition) is 1. The van der Waals surface area contributed by atoms with Crippen LogP contribution in [0.15, 0.2) is 0 Å². The Kier molecular flexibility index (Phi) is 4.04. The van der Waals surface area contributed by atoms with Gasteiger partial charge >= 0.3 is 0 Å². The first-order valence-electron chi connectivity index (χ1n) is 6.61. The lowest BCUT2D eigenvalue weighted by atomic mass is 9.86. The van der Waals surface area contributed by atoms with Crippen molar-refractivity contribution >= 4 is 0 Å². The fourth-order valence-electron chi connectivity index (χ4n) is 3.45. The van der Waals surface area contributed by atoms with Gasteiger partial charge in [0.05, 0.1) is 0 Å². The molecular weight excluding hydrogens is 184 g/mol. The third kappa shape index (κ3) is 3.18. The first-order chi connectivity index (χ1) is 7.25. The largest absolute Gasteiger partial charge is 0.315 e. The highest BCUT2D eigenvalue weighted by Crippen LogP contribution is 2.49. The average molecular weight is 210 g/mol. The highest BCUT2D eigenvalue weighted by atomic mass is 15.1. The van der Waals surface area contributed by atoms with E-state index in [1.165, 1.54) is 25.8 Å². The molecule has 0 aromatic heterocycles. The molecule has 3 atom stereocenters. The predicted molar refractivity (Wildman–Crippen MR) is 65.0 cm³/mol. The molecule has 1 N–H and O–H groups in total. The average Bonchev–Trinajstić information content (AvgIpc) is 2.78. The van der Waals surface area contributed by atoms with Gasteiger partial charge in [-0.3, -0.25) is 0 Å². The summed E-state index contributed by atoms with van der Waals surface area (Å²) < 4.78 is 0. The lowest BCUT2D eigenvalue weighted by Gasteiger charge is -2.21. The third-order valence-electron chi connectivity index (χ3n) is 4.31. The Labute approximate surface area is 94.4 Å². The summed E-state index contributed by atoms with van der Waals surface area (Å²) in [5.41, 5.74) is 0. The second-order valence-corrected chi connectivity index (χ2v) is 5.78. The molecule has 2 saturated carbocycles. The molecule has 88 valence electrons. The molecule has 15 heavy (non-hydrogen) atoms. The van der Waals surface area contributed by atoms with Crippen molar-refractivity contribution in [1.82, 2.24) is 10.2 Å². The molecule has 0 saturated heterocycles. The van der Waals surface area contributed by atoms with Gasteiger partial charge in [0.2, 0.25) is 0 Å². The van der Waals surface area contributed by atoms with Gasteiger partial charge in [-0.1, -0.05) is 6.42 Å². The summed E-state index contributed by atoms with van der Waals surface area (Å²) in [5.74, 6) is 3.28. The van der Waals surface area contributed by atoms with E-state index in [-0.39, 0.29) is 0 Å². The molecule has 0 aromatic carbocycles. The number of nitrogens with one attached hydrogen (secondary N) is 1. The molecule has 0 spiro atoms. The molecule has 3 unspecified atom stereocenters. The summed E-state index contributed by atoms with van der Waals surface area (Å²) in [4.78, 5) is 2.24. The first kappa shape index (κ1) is 11.4. The van der Waals surface area contributed by atoms with Crippen LogP contribution in [0.2, 0.25) is 0 Å². The topological polar surface area (TPSA) is 15.3 Å². The Balaban J connectivity index is 1.51. The van der Waals surface area contributed by atoms with Gasteiger partial charge in [0.15, 0.2) is 0 Å². The zero-order valence-electron chi connectivity index (χ0n) is 10.3. The number of rotatable bonds is 6. The van der Waals surface area contributed by atoms with Crippen LogP contribution < -0.4 is 5.32 Å².